The summed E-state index contributed by atoms with van der Waals surface area (Å²) in [5.41, 5.74) is 1.14. The van der Waals surface area contributed by atoms with E-state index >= 15 is 0 Å². The van der Waals surface area contributed by atoms with Crippen LogP contribution in [0.25, 0.3) is 10.9 Å². The summed E-state index contributed by atoms with van der Waals surface area (Å²) < 4.78 is 3.72. The van der Waals surface area contributed by atoms with Gasteiger partial charge >= 0.3 is 0 Å². The highest BCUT2D eigenvalue weighted by atomic mass is 79.9. The van der Waals surface area contributed by atoms with E-state index in [4.69, 9.17) is 0 Å². The van der Waals surface area contributed by atoms with Crippen LogP contribution in [0.2, 0.25) is 0 Å². The molecule has 0 atom stereocenters. The van der Waals surface area contributed by atoms with E-state index < -0.39 is 0 Å². The van der Waals surface area contributed by atoms with Crippen molar-refractivity contribution in [3.8, 4) is 0 Å². The Balaban J connectivity index is 2.78. The molecular weight excluding hydrogens is 230 g/mol. The molecule has 0 saturated carbocycles. The third-order valence-electron chi connectivity index (χ3n) is 2.03. The summed E-state index contributed by atoms with van der Waals surface area (Å²) in [6, 6.07) is 8.16. The average Bonchev–Trinajstić information content (AvgIpc) is 2.45. The molecule has 0 spiro atoms. The van der Waals surface area contributed by atoms with Crippen LogP contribution in [0.4, 0.5) is 5.82 Å². The molecule has 0 aliphatic carbocycles. The van der Waals surface area contributed by atoms with Crippen molar-refractivity contribution in [2.45, 2.75) is 0 Å². The molecule has 1 aromatic heterocycles. The van der Waals surface area contributed by atoms with E-state index in [1.54, 1.807) is 0 Å². The third-order valence-corrected chi connectivity index (χ3v) is 2.37. The zero-order valence-corrected chi connectivity index (χ0v) is 9.12. The maximum atomic E-state index is 4.38. The number of benzene rings is 1. The lowest BCUT2D eigenvalue weighted by Crippen LogP contribution is -2.01. The van der Waals surface area contributed by atoms with Gasteiger partial charge in [0.25, 0.3) is 0 Å². The van der Waals surface area contributed by atoms with E-state index in [9.17, 15) is 0 Å². The zero-order chi connectivity index (χ0) is 9.42. The number of aryl methyl sites for hydroxylation is 1. The fourth-order valence-corrected chi connectivity index (χ4v) is 1.68. The van der Waals surface area contributed by atoms with E-state index in [1.807, 2.05) is 34.8 Å². The quantitative estimate of drug-likeness (QED) is 0.713. The molecule has 1 heterocycles. The number of rotatable bonds is 1. The predicted molar refractivity (Wildman–Crippen MR) is 58.0 cm³/mol. The lowest BCUT2D eigenvalue weighted by molar-refractivity contribution is 0.797. The highest BCUT2D eigenvalue weighted by Gasteiger charge is 2.09. The van der Waals surface area contributed by atoms with Crippen LogP contribution in [0.15, 0.2) is 24.3 Å². The predicted octanol–water partition coefficient (Wildman–Crippen LogP) is 2.32. The second-order valence-corrected chi connectivity index (χ2v) is 4.01. The van der Waals surface area contributed by atoms with Crippen molar-refractivity contribution < 1.29 is 0 Å². The van der Waals surface area contributed by atoms with Gasteiger partial charge in [-0.2, -0.15) is 5.10 Å². The van der Waals surface area contributed by atoms with Gasteiger partial charge < -0.3 is 0 Å². The Morgan fingerprint density at radius 3 is 2.77 bits per heavy atom. The molecule has 0 amide bonds. The molecule has 3 nitrogen and oxygen atoms in total. The summed E-state index contributed by atoms with van der Waals surface area (Å²) >= 11 is 3.37. The van der Waals surface area contributed by atoms with Gasteiger partial charge in [0.1, 0.15) is 0 Å². The third kappa shape index (κ3) is 1.31. The van der Waals surface area contributed by atoms with E-state index in [-0.39, 0.29) is 0 Å². The first-order chi connectivity index (χ1) is 6.20. The molecule has 0 aliphatic rings. The monoisotopic (exact) mass is 239 g/mol. The van der Waals surface area contributed by atoms with Gasteiger partial charge in [0.15, 0.2) is 5.82 Å². The topological polar surface area (TPSA) is 21.1 Å². The lowest BCUT2D eigenvalue weighted by Gasteiger charge is -2.04. The number of para-hydroxylation sites is 1. The molecule has 1 aromatic carbocycles. The van der Waals surface area contributed by atoms with Crippen LogP contribution >= 0.6 is 16.1 Å². The maximum absolute atomic E-state index is 4.38. The van der Waals surface area contributed by atoms with Gasteiger partial charge in [-0.15, -0.1) is 0 Å². The number of fused-ring (bicyclic) bond motifs is 1. The van der Waals surface area contributed by atoms with Crippen LogP contribution in [0.3, 0.4) is 0 Å². The Morgan fingerprint density at radius 2 is 2.08 bits per heavy atom. The van der Waals surface area contributed by atoms with Crippen molar-refractivity contribution >= 4 is 32.9 Å². The van der Waals surface area contributed by atoms with Crippen LogP contribution < -0.4 is 3.93 Å². The number of aromatic nitrogens is 2. The van der Waals surface area contributed by atoms with Crippen LogP contribution in [-0.4, -0.2) is 16.8 Å². The highest BCUT2D eigenvalue weighted by molar-refractivity contribution is 9.10. The molecular formula is C9H10BrN3. The van der Waals surface area contributed by atoms with Crippen molar-refractivity contribution in [3.05, 3.63) is 24.3 Å². The average molecular weight is 240 g/mol. The standard InChI is InChI=1S/C9H10BrN3/c1-12(10)9-7-5-3-4-6-8(7)13(2)11-9/h3-6H,1-2H3. The van der Waals surface area contributed by atoms with E-state index in [2.05, 4.69) is 33.4 Å². The molecule has 0 unspecified atom stereocenters. The van der Waals surface area contributed by atoms with E-state index in [1.165, 1.54) is 0 Å². The summed E-state index contributed by atoms with van der Waals surface area (Å²) in [4.78, 5) is 0. The largest absolute Gasteiger partial charge is 0.294 e. The molecule has 13 heavy (non-hydrogen) atoms. The molecule has 0 saturated heterocycles. The molecule has 0 N–H and O–H groups in total. The zero-order valence-electron chi connectivity index (χ0n) is 7.53. The van der Waals surface area contributed by atoms with Crippen LogP contribution in [0.1, 0.15) is 0 Å². The number of anilines is 1. The van der Waals surface area contributed by atoms with E-state index in [0.717, 1.165) is 16.7 Å². The van der Waals surface area contributed by atoms with Gasteiger partial charge in [-0.05, 0) is 12.1 Å². The number of halogens is 1. The van der Waals surface area contributed by atoms with Gasteiger partial charge in [0, 0.05) is 19.5 Å². The van der Waals surface area contributed by atoms with E-state index in [0.29, 0.717) is 0 Å². The molecule has 0 radical (unpaired) electrons. The lowest BCUT2D eigenvalue weighted by atomic mass is 10.2. The summed E-state index contributed by atoms with van der Waals surface area (Å²) in [5, 5.41) is 5.54. The van der Waals surface area contributed by atoms with Gasteiger partial charge in [-0.1, -0.05) is 12.1 Å². The van der Waals surface area contributed by atoms with Crippen molar-refractivity contribution in [2.24, 2.45) is 7.05 Å². The molecule has 2 rings (SSSR count). The van der Waals surface area contributed by atoms with Crippen molar-refractivity contribution in [3.63, 3.8) is 0 Å². The number of hydrogen-bond acceptors (Lipinski definition) is 2. The summed E-state index contributed by atoms with van der Waals surface area (Å²) in [6.07, 6.45) is 0. The van der Waals surface area contributed by atoms with Crippen molar-refractivity contribution in [2.75, 3.05) is 11.0 Å². The molecule has 0 bridgehead atoms. The minimum Gasteiger partial charge on any atom is -0.294 e. The van der Waals surface area contributed by atoms with Gasteiger partial charge in [0.2, 0.25) is 0 Å². The van der Waals surface area contributed by atoms with Crippen LogP contribution in [0, 0.1) is 0 Å². The minimum absolute atomic E-state index is 0.943. The Bertz CT molecular complexity index is 433. The summed E-state index contributed by atoms with van der Waals surface area (Å²) in [7, 11) is 3.87. The van der Waals surface area contributed by atoms with Gasteiger partial charge in [-0.3, -0.25) is 8.61 Å². The highest BCUT2D eigenvalue weighted by Crippen LogP contribution is 2.25. The van der Waals surface area contributed by atoms with Crippen LogP contribution in [0.5, 0.6) is 0 Å². The molecule has 2 aromatic rings. The Kier molecular flexibility index (Phi) is 2.00. The van der Waals surface area contributed by atoms with Crippen LogP contribution in [-0.2, 0) is 7.05 Å². The maximum Gasteiger partial charge on any atom is 0.168 e. The second kappa shape index (κ2) is 3.03. The smallest absolute Gasteiger partial charge is 0.168 e. The first-order valence-electron chi connectivity index (χ1n) is 4.01. The molecule has 68 valence electrons. The van der Waals surface area contributed by atoms with Crippen molar-refractivity contribution in [1.82, 2.24) is 9.78 Å². The Morgan fingerprint density at radius 1 is 1.38 bits per heavy atom. The molecule has 0 fully saturated rings. The number of hydrogen-bond donors (Lipinski definition) is 0. The fourth-order valence-electron chi connectivity index (χ4n) is 1.42. The number of nitrogens with zero attached hydrogens (tertiary/aromatic N) is 3. The SMILES string of the molecule is CN(Br)c1nn(C)c2ccccc12. The summed E-state index contributed by atoms with van der Waals surface area (Å²) in [6.45, 7) is 0. The van der Waals surface area contributed by atoms with Gasteiger partial charge in [0.05, 0.1) is 21.7 Å². The Labute approximate surface area is 85.3 Å². The Hall–Kier alpha value is -1.03. The minimum atomic E-state index is 0.943. The van der Waals surface area contributed by atoms with Gasteiger partial charge in [-0.25, -0.2) is 0 Å². The molecule has 0 aliphatic heterocycles. The normalized spacial score (nSPS) is 10.7. The fraction of sp³-hybridized carbons (Fsp3) is 0.222. The van der Waals surface area contributed by atoms with Crippen molar-refractivity contribution in [1.29, 1.82) is 0 Å². The first-order valence-corrected chi connectivity index (χ1v) is 4.72. The first kappa shape index (κ1) is 8.56. The molecule has 4 heteroatoms. The second-order valence-electron chi connectivity index (χ2n) is 2.94. The summed E-state index contributed by atoms with van der Waals surface area (Å²) in [5.74, 6) is 0.943.